The van der Waals surface area contributed by atoms with Gasteiger partial charge >= 0.3 is 0 Å². The van der Waals surface area contributed by atoms with Gasteiger partial charge in [0, 0.05) is 0 Å². The molecule has 0 heterocycles. The Kier molecular flexibility index (Phi) is 4.34. The summed E-state index contributed by atoms with van der Waals surface area (Å²) in [6, 6.07) is 28.6. The molecule has 25 heavy (non-hydrogen) atoms. The fourth-order valence-electron chi connectivity index (χ4n) is 3.75. The summed E-state index contributed by atoms with van der Waals surface area (Å²) in [6.07, 6.45) is 2.00. The topological polar surface area (TPSA) is 29.1 Å². The van der Waals surface area contributed by atoms with E-state index in [1.165, 1.54) is 11.1 Å². The lowest BCUT2D eigenvalue weighted by molar-refractivity contribution is -0.122. The van der Waals surface area contributed by atoms with Gasteiger partial charge in [0.2, 0.25) is 5.91 Å². The summed E-state index contributed by atoms with van der Waals surface area (Å²) < 4.78 is 0. The number of hydrogen-bond donors (Lipinski definition) is 1. The Morgan fingerprint density at radius 3 is 2.00 bits per heavy atom. The zero-order chi connectivity index (χ0) is 17.1. The van der Waals surface area contributed by atoms with Crippen molar-refractivity contribution in [2.45, 2.75) is 24.8 Å². The van der Waals surface area contributed by atoms with Gasteiger partial charge in [0.15, 0.2) is 0 Å². The number of rotatable bonds is 4. The van der Waals surface area contributed by atoms with Crippen molar-refractivity contribution < 1.29 is 4.79 Å². The SMILES string of the molecule is O=C(N[C@H]1CCc2ccccc21)C(c1ccccc1)c1ccccc1. The first-order valence-corrected chi connectivity index (χ1v) is 8.81. The summed E-state index contributed by atoms with van der Waals surface area (Å²) in [5.74, 6) is -0.214. The molecule has 0 radical (unpaired) electrons. The molecule has 1 aliphatic carbocycles. The number of carbonyl (C=O) groups is 1. The molecule has 0 aromatic heterocycles. The van der Waals surface area contributed by atoms with Crippen molar-refractivity contribution in [2.24, 2.45) is 0 Å². The minimum atomic E-state index is -0.282. The molecule has 124 valence electrons. The fourth-order valence-corrected chi connectivity index (χ4v) is 3.75. The molecule has 2 nitrogen and oxygen atoms in total. The summed E-state index contributed by atoms with van der Waals surface area (Å²) in [5.41, 5.74) is 4.66. The van der Waals surface area contributed by atoms with Gasteiger partial charge in [-0.2, -0.15) is 0 Å². The van der Waals surface area contributed by atoms with Gasteiger partial charge in [0.05, 0.1) is 12.0 Å². The van der Waals surface area contributed by atoms with Crippen LogP contribution in [0.1, 0.15) is 40.6 Å². The van der Waals surface area contributed by atoms with E-state index in [1.54, 1.807) is 0 Å². The number of benzene rings is 3. The van der Waals surface area contributed by atoms with E-state index >= 15 is 0 Å². The Balaban J connectivity index is 1.63. The number of carbonyl (C=O) groups excluding carboxylic acids is 1. The Labute approximate surface area is 148 Å². The lowest BCUT2D eigenvalue weighted by Crippen LogP contribution is -2.32. The zero-order valence-corrected chi connectivity index (χ0v) is 14.1. The van der Waals surface area contributed by atoms with Crippen LogP contribution in [-0.2, 0) is 11.2 Å². The highest BCUT2D eigenvalue weighted by Gasteiger charge is 2.28. The van der Waals surface area contributed by atoms with E-state index in [9.17, 15) is 4.79 Å². The van der Waals surface area contributed by atoms with Crippen molar-refractivity contribution in [3.63, 3.8) is 0 Å². The van der Waals surface area contributed by atoms with Crippen LogP contribution in [-0.4, -0.2) is 5.91 Å². The van der Waals surface area contributed by atoms with E-state index in [4.69, 9.17) is 0 Å². The third-order valence-corrected chi connectivity index (χ3v) is 4.98. The Morgan fingerprint density at radius 1 is 0.800 bits per heavy atom. The Hall–Kier alpha value is -2.87. The summed E-state index contributed by atoms with van der Waals surface area (Å²) in [4.78, 5) is 13.2. The Morgan fingerprint density at radius 2 is 1.36 bits per heavy atom. The van der Waals surface area contributed by atoms with Crippen molar-refractivity contribution in [3.8, 4) is 0 Å². The third-order valence-electron chi connectivity index (χ3n) is 4.98. The van der Waals surface area contributed by atoms with E-state index in [0.717, 1.165) is 24.0 Å². The van der Waals surface area contributed by atoms with Crippen LogP contribution in [0.25, 0.3) is 0 Å². The molecule has 1 atom stereocenters. The molecule has 2 heteroatoms. The molecule has 3 aromatic rings. The average Bonchev–Trinajstić information content (AvgIpc) is 3.07. The second-order valence-electron chi connectivity index (χ2n) is 6.55. The van der Waals surface area contributed by atoms with Crippen molar-refractivity contribution >= 4 is 5.91 Å². The highest BCUT2D eigenvalue weighted by atomic mass is 16.1. The normalized spacial score (nSPS) is 15.8. The zero-order valence-electron chi connectivity index (χ0n) is 14.1. The van der Waals surface area contributed by atoms with Crippen LogP contribution in [0.4, 0.5) is 0 Å². The van der Waals surface area contributed by atoms with Crippen molar-refractivity contribution in [1.82, 2.24) is 5.32 Å². The molecule has 1 amide bonds. The Bertz CT molecular complexity index is 818. The minimum Gasteiger partial charge on any atom is -0.348 e. The van der Waals surface area contributed by atoms with Crippen LogP contribution >= 0.6 is 0 Å². The van der Waals surface area contributed by atoms with Crippen LogP contribution in [0.15, 0.2) is 84.9 Å². The van der Waals surface area contributed by atoms with Gasteiger partial charge in [-0.15, -0.1) is 0 Å². The quantitative estimate of drug-likeness (QED) is 0.744. The highest BCUT2D eigenvalue weighted by Crippen LogP contribution is 2.32. The summed E-state index contributed by atoms with van der Waals surface area (Å²) in [6.45, 7) is 0. The number of fused-ring (bicyclic) bond motifs is 1. The number of hydrogen-bond acceptors (Lipinski definition) is 1. The summed E-state index contributed by atoms with van der Waals surface area (Å²) in [5, 5.41) is 3.29. The van der Waals surface area contributed by atoms with E-state index in [2.05, 4.69) is 29.6 Å². The van der Waals surface area contributed by atoms with Gasteiger partial charge in [-0.1, -0.05) is 84.9 Å². The lowest BCUT2D eigenvalue weighted by atomic mass is 9.90. The van der Waals surface area contributed by atoms with Gasteiger partial charge in [0.25, 0.3) is 0 Å². The standard InChI is InChI=1S/C23H21NO/c25-23(24-21-16-15-17-9-7-8-14-20(17)21)22(18-10-3-1-4-11-18)19-12-5-2-6-13-19/h1-14,21-22H,15-16H2,(H,24,25)/t21-/m0/s1. The molecular formula is C23H21NO. The highest BCUT2D eigenvalue weighted by molar-refractivity contribution is 5.87. The van der Waals surface area contributed by atoms with Gasteiger partial charge in [-0.3, -0.25) is 4.79 Å². The lowest BCUT2D eigenvalue weighted by Gasteiger charge is -2.21. The molecule has 0 unspecified atom stereocenters. The van der Waals surface area contributed by atoms with Crippen molar-refractivity contribution in [1.29, 1.82) is 0 Å². The minimum absolute atomic E-state index is 0.0686. The molecular weight excluding hydrogens is 306 g/mol. The predicted molar refractivity (Wildman–Crippen MR) is 100 cm³/mol. The second-order valence-corrected chi connectivity index (χ2v) is 6.55. The summed E-state index contributed by atoms with van der Waals surface area (Å²) >= 11 is 0. The first-order chi connectivity index (χ1) is 12.3. The molecule has 0 aliphatic heterocycles. The largest absolute Gasteiger partial charge is 0.348 e. The molecule has 1 N–H and O–H groups in total. The molecule has 1 aliphatic rings. The first-order valence-electron chi connectivity index (χ1n) is 8.81. The maximum absolute atomic E-state index is 13.2. The number of nitrogens with one attached hydrogen (secondary N) is 1. The average molecular weight is 327 g/mol. The van der Waals surface area contributed by atoms with Gasteiger partial charge < -0.3 is 5.32 Å². The third kappa shape index (κ3) is 3.20. The van der Waals surface area contributed by atoms with Crippen LogP contribution in [0, 0.1) is 0 Å². The van der Waals surface area contributed by atoms with Crippen molar-refractivity contribution in [2.75, 3.05) is 0 Å². The fraction of sp³-hybridized carbons (Fsp3) is 0.174. The predicted octanol–water partition coefficient (Wildman–Crippen LogP) is 4.62. The number of aryl methyl sites for hydroxylation is 1. The molecule has 0 saturated carbocycles. The van der Waals surface area contributed by atoms with Gasteiger partial charge in [0.1, 0.15) is 0 Å². The molecule has 0 bridgehead atoms. The second kappa shape index (κ2) is 6.94. The summed E-state index contributed by atoms with van der Waals surface area (Å²) in [7, 11) is 0. The van der Waals surface area contributed by atoms with Gasteiger partial charge in [-0.25, -0.2) is 0 Å². The van der Waals surface area contributed by atoms with E-state index < -0.39 is 0 Å². The van der Waals surface area contributed by atoms with E-state index in [-0.39, 0.29) is 17.9 Å². The monoisotopic (exact) mass is 327 g/mol. The van der Waals surface area contributed by atoms with Crippen LogP contribution in [0.5, 0.6) is 0 Å². The first kappa shape index (κ1) is 15.6. The van der Waals surface area contributed by atoms with E-state index in [1.807, 2.05) is 60.7 Å². The smallest absolute Gasteiger partial charge is 0.232 e. The maximum Gasteiger partial charge on any atom is 0.232 e. The molecule has 0 fully saturated rings. The molecule has 0 saturated heterocycles. The maximum atomic E-state index is 13.2. The van der Waals surface area contributed by atoms with Crippen LogP contribution in [0.3, 0.4) is 0 Å². The van der Waals surface area contributed by atoms with Gasteiger partial charge in [-0.05, 0) is 35.1 Å². The van der Waals surface area contributed by atoms with Crippen molar-refractivity contribution in [3.05, 3.63) is 107 Å². The van der Waals surface area contributed by atoms with Crippen LogP contribution in [0.2, 0.25) is 0 Å². The van der Waals surface area contributed by atoms with Crippen LogP contribution < -0.4 is 5.32 Å². The molecule has 3 aromatic carbocycles. The molecule has 4 rings (SSSR count). The van der Waals surface area contributed by atoms with E-state index in [0.29, 0.717) is 0 Å². The number of amides is 1. The molecule has 0 spiro atoms.